The van der Waals surface area contributed by atoms with E-state index in [1.165, 1.54) is 19.9 Å². The van der Waals surface area contributed by atoms with Gasteiger partial charge in [0, 0.05) is 44.2 Å². The van der Waals surface area contributed by atoms with Crippen LogP contribution in [0.4, 0.5) is 0 Å². The predicted molar refractivity (Wildman–Crippen MR) is 152 cm³/mol. The van der Waals surface area contributed by atoms with Crippen molar-refractivity contribution in [1.82, 2.24) is 33.6 Å². The van der Waals surface area contributed by atoms with E-state index in [-0.39, 0.29) is 15.6 Å². The first-order valence-corrected chi connectivity index (χ1v) is 14.7. The molecule has 1 fully saturated rings. The van der Waals surface area contributed by atoms with Crippen molar-refractivity contribution >= 4 is 32.5 Å². The van der Waals surface area contributed by atoms with Crippen molar-refractivity contribution in [2.75, 3.05) is 13.1 Å². The molecule has 0 amide bonds. The highest BCUT2D eigenvalue weighted by atomic mass is 35.5. The molecule has 0 radical (unpaired) electrons. The lowest BCUT2D eigenvalue weighted by Gasteiger charge is -2.32. The number of aromatic nitrogens is 6. The Morgan fingerprint density at radius 1 is 1.05 bits per heavy atom. The number of pyridine rings is 1. The van der Waals surface area contributed by atoms with Gasteiger partial charge in [-0.2, -0.15) is 19.3 Å². The molecule has 1 saturated heterocycles. The lowest BCUT2D eigenvalue weighted by molar-refractivity contribution is 0.412. The van der Waals surface area contributed by atoms with Crippen molar-refractivity contribution in [2.24, 2.45) is 14.1 Å². The quantitative estimate of drug-likeness (QED) is 0.306. The van der Waals surface area contributed by atoms with Gasteiger partial charge in [0.05, 0.1) is 23.6 Å². The maximum absolute atomic E-state index is 13.5. The van der Waals surface area contributed by atoms with E-state index < -0.39 is 15.4 Å². The molecule has 0 spiro atoms. The Morgan fingerprint density at radius 3 is 2.52 bits per heavy atom. The van der Waals surface area contributed by atoms with Gasteiger partial charge in [-0.15, -0.1) is 5.10 Å². The molecule has 3 aromatic heterocycles. The fraction of sp³-hybridized carbons (Fsp3) is 0.286. The Balaban J connectivity index is 1.45. The summed E-state index contributed by atoms with van der Waals surface area (Å²) in [5.74, 6) is 0. The van der Waals surface area contributed by atoms with Gasteiger partial charge in [0.2, 0.25) is 5.03 Å². The van der Waals surface area contributed by atoms with Crippen molar-refractivity contribution in [1.29, 1.82) is 0 Å². The van der Waals surface area contributed by atoms with Crippen LogP contribution in [0.15, 0.2) is 76.9 Å². The number of hydrogen-bond donors (Lipinski definition) is 0. The van der Waals surface area contributed by atoms with Crippen molar-refractivity contribution in [3.63, 3.8) is 0 Å². The molecule has 4 heterocycles. The second-order valence-electron chi connectivity index (χ2n) is 10.4. The average Bonchev–Trinajstić information content (AvgIpc) is 3.66. The molecule has 40 heavy (non-hydrogen) atoms. The van der Waals surface area contributed by atoms with Crippen LogP contribution in [0.3, 0.4) is 0 Å². The normalized spacial score (nSPS) is 18.1. The molecule has 206 valence electrons. The average molecular weight is 578 g/mol. The van der Waals surface area contributed by atoms with Gasteiger partial charge in [0.1, 0.15) is 5.02 Å². The first-order chi connectivity index (χ1) is 19.1. The third-order valence-corrected chi connectivity index (χ3v) is 9.72. The Labute approximate surface area is 236 Å². The summed E-state index contributed by atoms with van der Waals surface area (Å²) in [5.41, 5.74) is 4.06. The molecule has 12 heteroatoms. The molecule has 0 aliphatic carbocycles. The van der Waals surface area contributed by atoms with Crippen LogP contribution < -0.4 is 5.56 Å². The van der Waals surface area contributed by atoms with Gasteiger partial charge in [-0.25, -0.2) is 13.1 Å². The molecule has 0 bridgehead atoms. The second-order valence-corrected chi connectivity index (χ2v) is 12.7. The van der Waals surface area contributed by atoms with E-state index in [4.69, 9.17) is 11.6 Å². The van der Waals surface area contributed by atoms with E-state index in [2.05, 4.69) is 39.6 Å². The highest BCUT2D eigenvalue weighted by Gasteiger charge is 2.45. The van der Waals surface area contributed by atoms with E-state index in [1.807, 2.05) is 25.1 Å². The monoisotopic (exact) mass is 577 g/mol. The molecule has 1 atom stereocenters. The summed E-state index contributed by atoms with van der Waals surface area (Å²) in [4.78, 5) is 13.4. The van der Waals surface area contributed by atoms with E-state index in [9.17, 15) is 13.2 Å². The summed E-state index contributed by atoms with van der Waals surface area (Å²) < 4.78 is 31.8. The zero-order valence-electron chi connectivity index (χ0n) is 22.3. The van der Waals surface area contributed by atoms with Gasteiger partial charge in [-0.1, -0.05) is 41.9 Å². The van der Waals surface area contributed by atoms with Gasteiger partial charge in [-0.05, 0) is 54.7 Å². The summed E-state index contributed by atoms with van der Waals surface area (Å²) in [6.07, 6.45) is 6.11. The molecular formula is C28H28ClN7O3S. The highest BCUT2D eigenvalue weighted by Crippen LogP contribution is 2.42. The van der Waals surface area contributed by atoms with Gasteiger partial charge < -0.3 is 4.57 Å². The first kappa shape index (κ1) is 26.4. The van der Waals surface area contributed by atoms with Gasteiger partial charge in [0.25, 0.3) is 15.6 Å². The maximum Gasteiger partial charge on any atom is 0.269 e. The fourth-order valence-corrected chi connectivity index (χ4v) is 7.45. The number of fused-ring (bicyclic) bond motifs is 1. The topological polar surface area (TPSA) is 108 Å². The van der Waals surface area contributed by atoms with Crippen molar-refractivity contribution in [2.45, 2.75) is 30.2 Å². The first-order valence-electron chi connectivity index (χ1n) is 12.8. The third-order valence-electron chi connectivity index (χ3n) is 7.74. The largest absolute Gasteiger partial charge is 0.315 e. The van der Waals surface area contributed by atoms with Crippen LogP contribution in [0.2, 0.25) is 5.02 Å². The lowest BCUT2D eigenvalue weighted by Crippen LogP contribution is -2.36. The zero-order chi connectivity index (χ0) is 28.2. The lowest BCUT2D eigenvalue weighted by atomic mass is 9.73. The Morgan fingerprint density at radius 2 is 1.82 bits per heavy atom. The van der Waals surface area contributed by atoms with Crippen LogP contribution >= 0.6 is 11.6 Å². The minimum absolute atomic E-state index is 0.0464. The zero-order valence-corrected chi connectivity index (χ0v) is 23.9. The van der Waals surface area contributed by atoms with E-state index in [1.54, 1.807) is 37.2 Å². The summed E-state index contributed by atoms with van der Waals surface area (Å²) in [7, 11) is -0.551. The molecule has 0 saturated carbocycles. The van der Waals surface area contributed by atoms with Crippen LogP contribution in [-0.4, -0.2) is 55.2 Å². The fourth-order valence-electron chi connectivity index (χ4n) is 5.79. The van der Waals surface area contributed by atoms with Crippen LogP contribution in [0.1, 0.15) is 23.1 Å². The van der Waals surface area contributed by atoms with Crippen LogP contribution in [0.5, 0.6) is 0 Å². The molecule has 1 aliphatic rings. The predicted octanol–water partition coefficient (Wildman–Crippen LogP) is 3.39. The summed E-state index contributed by atoms with van der Waals surface area (Å²) in [6.45, 7) is 2.74. The number of nitrogens with zero attached hydrogens (tertiary/aromatic N) is 7. The maximum atomic E-state index is 13.5. The minimum Gasteiger partial charge on any atom is -0.315 e. The SMILES string of the molecule is Cc1cc2c(cnn2-c2cc(Cl)c(=O)n(C)c2)cc1C1(Cc2ccccc2)CCN(S(=O)(=O)c2cnn(C)n2)C1. The van der Waals surface area contributed by atoms with Crippen molar-refractivity contribution in [3.8, 4) is 5.69 Å². The van der Waals surface area contributed by atoms with E-state index >= 15 is 0 Å². The number of sulfonamides is 1. The van der Waals surface area contributed by atoms with Gasteiger partial charge in [0.15, 0.2) is 0 Å². The molecule has 0 N–H and O–H groups in total. The third kappa shape index (κ3) is 4.43. The Kier molecular flexibility index (Phi) is 6.40. The Hall–Kier alpha value is -3.80. The molecule has 6 rings (SSSR count). The van der Waals surface area contributed by atoms with Crippen LogP contribution in [0, 0.1) is 6.92 Å². The number of rotatable bonds is 6. The summed E-state index contributed by atoms with van der Waals surface area (Å²) >= 11 is 6.18. The van der Waals surface area contributed by atoms with Gasteiger partial charge in [-0.3, -0.25) is 4.79 Å². The van der Waals surface area contributed by atoms with E-state index in [0.717, 1.165) is 27.6 Å². The van der Waals surface area contributed by atoms with Gasteiger partial charge >= 0.3 is 0 Å². The number of aryl methyl sites for hydroxylation is 3. The minimum atomic E-state index is -3.81. The molecule has 2 aromatic carbocycles. The molecule has 10 nitrogen and oxygen atoms in total. The molecule has 1 aliphatic heterocycles. The van der Waals surface area contributed by atoms with Crippen LogP contribution in [-0.2, 0) is 36.0 Å². The number of hydrogen-bond acceptors (Lipinski definition) is 6. The molecule has 5 aromatic rings. The van der Waals surface area contributed by atoms with Crippen molar-refractivity contribution in [3.05, 3.63) is 99.2 Å². The van der Waals surface area contributed by atoms with Crippen LogP contribution in [0.25, 0.3) is 16.6 Å². The molecular weight excluding hydrogens is 550 g/mol. The number of benzene rings is 2. The second kappa shape index (κ2) is 9.69. The summed E-state index contributed by atoms with van der Waals surface area (Å²) in [5, 5.41) is 13.6. The highest BCUT2D eigenvalue weighted by molar-refractivity contribution is 7.89. The molecule has 1 unspecified atom stereocenters. The van der Waals surface area contributed by atoms with E-state index in [0.29, 0.717) is 31.6 Å². The summed E-state index contributed by atoms with van der Waals surface area (Å²) in [6, 6.07) is 16.0. The smallest absolute Gasteiger partial charge is 0.269 e. The Bertz CT molecular complexity index is 1890. The standard InChI is InChI=1S/C28H28ClN7O3S/c1-19-11-25-21(15-31-36(25)22-13-24(29)27(37)33(2)17-22)12-23(19)28(14-20-7-5-4-6-8-20)9-10-35(18-28)40(38,39)26-16-30-34(3)32-26/h4-8,11-13,15-17H,9-10,14,18H2,1-3H3. The number of halogens is 1. The van der Waals surface area contributed by atoms with Crippen molar-refractivity contribution < 1.29 is 8.42 Å².